The largest absolute Gasteiger partial charge is 0.215 e. The minimum atomic E-state index is -3.45. The van der Waals surface area contributed by atoms with Gasteiger partial charge in [0.25, 0.3) is 0 Å². The topological polar surface area (TPSA) is 92.3 Å². The van der Waals surface area contributed by atoms with Gasteiger partial charge in [0.1, 0.15) is 0 Å². The van der Waals surface area contributed by atoms with Gasteiger partial charge in [0.05, 0.1) is 11.5 Å². The average molecular weight is 411 g/mol. The van der Waals surface area contributed by atoms with Crippen molar-refractivity contribution in [3.8, 4) is 0 Å². The Bertz CT molecular complexity index is 891. The van der Waals surface area contributed by atoms with Crippen molar-refractivity contribution in [2.75, 3.05) is 13.1 Å². The lowest BCUT2D eigenvalue weighted by Crippen LogP contribution is -2.31. The minimum absolute atomic E-state index is 0.0895. The maximum Gasteiger partial charge on any atom is 0.215 e. The molecule has 0 aliphatic carbocycles. The van der Waals surface area contributed by atoms with Gasteiger partial charge in [-0.25, -0.2) is 26.3 Å². The van der Waals surface area contributed by atoms with E-state index in [1.807, 2.05) is 50.2 Å². The van der Waals surface area contributed by atoms with Gasteiger partial charge in [0.15, 0.2) is 0 Å². The number of nitrogens with one attached hydrogen (secondary N) is 2. The first kappa shape index (κ1) is 21.6. The first-order valence-corrected chi connectivity index (χ1v) is 12.0. The zero-order valence-electron chi connectivity index (χ0n) is 15.6. The second-order valence-electron chi connectivity index (χ2n) is 6.64. The Labute approximate surface area is 162 Å². The maximum absolute atomic E-state index is 12.1. The van der Waals surface area contributed by atoms with Gasteiger partial charge in [-0.15, -0.1) is 0 Å². The summed E-state index contributed by atoms with van der Waals surface area (Å²) in [6.45, 7) is 4.18. The lowest BCUT2D eigenvalue weighted by Gasteiger charge is -2.09. The molecule has 2 aromatic rings. The van der Waals surface area contributed by atoms with Crippen LogP contribution in [0.1, 0.15) is 28.7 Å². The number of sulfonamides is 2. The van der Waals surface area contributed by atoms with Crippen LogP contribution in [0, 0.1) is 13.8 Å². The molecule has 0 bridgehead atoms. The average Bonchev–Trinajstić information content (AvgIpc) is 2.53. The molecule has 27 heavy (non-hydrogen) atoms. The Morgan fingerprint density at radius 1 is 0.704 bits per heavy atom. The molecule has 0 fully saturated rings. The third-order valence-corrected chi connectivity index (χ3v) is 6.59. The Morgan fingerprint density at radius 2 is 1.11 bits per heavy atom. The second kappa shape index (κ2) is 9.45. The van der Waals surface area contributed by atoms with E-state index in [2.05, 4.69) is 9.44 Å². The SMILES string of the molecule is Cc1cccc(CS(=O)(=O)NCCCNS(=O)(=O)Cc2cccc(C)c2)c1. The molecule has 0 aliphatic heterocycles. The molecule has 2 aromatic carbocycles. The molecular weight excluding hydrogens is 384 g/mol. The van der Waals surface area contributed by atoms with Gasteiger partial charge >= 0.3 is 0 Å². The van der Waals surface area contributed by atoms with E-state index in [0.29, 0.717) is 6.42 Å². The molecule has 0 atom stereocenters. The smallest absolute Gasteiger partial charge is 0.215 e. The Hall–Kier alpha value is -1.74. The summed E-state index contributed by atoms with van der Waals surface area (Å²) in [4.78, 5) is 0. The molecule has 0 unspecified atom stereocenters. The lowest BCUT2D eigenvalue weighted by molar-refractivity contribution is 0.571. The van der Waals surface area contributed by atoms with Crippen LogP contribution in [0.4, 0.5) is 0 Å². The van der Waals surface area contributed by atoms with Gasteiger partial charge in [-0.05, 0) is 31.4 Å². The van der Waals surface area contributed by atoms with E-state index in [4.69, 9.17) is 0 Å². The molecule has 8 heteroatoms. The van der Waals surface area contributed by atoms with E-state index >= 15 is 0 Å². The van der Waals surface area contributed by atoms with Crippen molar-refractivity contribution in [2.45, 2.75) is 31.8 Å². The maximum atomic E-state index is 12.1. The molecular formula is C19H26N2O4S2. The lowest BCUT2D eigenvalue weighted by atomic mass is 10.2. The van der Waals surface area contributed by atoms with Crippen LogP contribution in [0.15, 0.2) is 48.5 Å². The summed E-state index contributed by atoms with van der Waals surface area (Å²) in [5, 5.41) is 0. The normalized spacial score (nSPS) is 12.2. The Morgan fingerprint density at radius 3 is 1.48 bits per heavy atom. The van der Waals surface area contributed by atoms with Crippen LogP contribution in [0.5, 0.6) is 0 Å². The molecule has 2 N–H and O–H groups in total. The first-order chi connectivity index (χ1) is 12.7. The van der Waals surface area contributed by atoms with Crippen molar-refractivity contribution in [2.24, 2.45) is 0 Å². The zero-order valence-corrected chi connectivity index (χ0v) is 17.2. The third kappa shape index (κ3) is 8.21. The predicted octanol–water partition coefficient (Wildman–Crippen LogP) is 2.23. The summed E-state index contributed by atoms with van der Waals surface area (Å²) in [6.07, 6.45) is 0.375. The fraction of sp³-hybridized carbons (Fsp3) is 0.368. The zero-order chi connectivity index (χ0) is 19.9. The van der Waals surface area contributed by atoms with E-state index in [1.54, 1.807) is 12.1 Å². The fourth-order valence-electron chi connectivity index (χ4n) is 2.69. The van der Waals surface area contributed by atoms with Gasteiger partial charge in [-0.3, -0.25) is 0 Å². The van der Waals surface area contributed by atoms with E-state index in [-0.39, 0.29) is 24.6 Å². The summed E-state index contributed by atoms with van der Waals surface area (Å²) < 4.78 is 53.4. The van der Waals surface area contributed by atoms with Gasteiger partial charge in [-0.2, -0.15) is 0 Å². The summed E-state index contributed by atoms with van der Waals surface area (Å²) in [6, 6.07) is 14.7. The molecule has 6 nitrogen and oxygen atoms in total. The molecule has 0 spiro atoms. The van der Waals surface area contributed by atoms with Crippen molar-refractivity contribution in [1.82, 2.24) is 9.44 Å². The van der Waals surface area contributed by atoms with Crippen molar-refractivity contribution >= 4 is 20.0 Å². The number of hydrogen-bond acceptors (Lipinski definition) is 4. The van der Waals surface area contributed by atoms with Crippen LogP contribution < -0.4 is 9.44 Å². The van der Waals surface area contributed by atoms with E-state index in [1.165, 1.54) is 0 Å². The Kier molecular flexibility index (Phi) is 7.55. The summed E-state index contributed by atoms with van der Waals surface area (Å²) in [7, 11) is -6.90. The predicted molar refractivity (Wildman–Crippen MR) is 108 cm³/mol. The van der Waals surface area contributed by atoms with Crippen LogP contribution in [0.3, 0.4) is 0 Å². The van der Waals surface area contributed by atoms with Crippen molar-refractivity contribution < 1.29 is 16.8 Å². The molecule has 0 saturated heterocycles. The van der Waals surface area contributed by atoms with Crippen LogP contribution in [-0.4, -0.2) is 29.9 Å². The molecule has 0 aromatic heterocycles. The highest BCUT2D eigenvalue weighted by molar-refractivity contribution is 7.89. The van der Waals surface area contributed by atoms with E-state index < -0.39 is 20.0 Å². The fourth-order valence-corrected chi connectivity index (χ4v) is 5.04. The molecule has 0 radical (unpaired) electrons. The van der Waals surface area contributed by atoms with Crippen molar-refractivity contribution in [3.63, 3.8) is 0 Å². The first-order valence-electron chi connectivity index (χ1n) is 8.71. The summed E-state index contributed by atoms with van der Waals surface area (Å²) in [5.74, 6) is -0.179. The van der Waals surface area contributed by atoms with E-state index in [9.17, 15) is 16.8 Å². The highest BCUT2D eigenvalue weighted by Gasteiger charge is 2.13. The molecule has 148 valence electrons. The summed E-state index contributed by atoms with van der Waals surface area (Å²) >= 11 is 0. The monoisotopic (exact) mass is 410 g/mol. The number of hydrogen-bond donors (Lipinski definition) is 2. The molecule has 0 amide bonds. The third-order valence-electron chi connectivity index (χ3n) is 3.88. The highest BCUT2D eigenvalue weighted by atomic mass is 32.2. The van der Waals surface area contributed by atoms with Crippen molar-refractivity contribution in [3.05, 3.63) is 70.8 Å². The number of rotatable bonds is 10. The van der Waals surface area contributed by atoms with Crippen LogP contribution in [0.2, 0.25) is 0 Å². The summed E-state index contributed by atoms with van der Waals surface area (Å²) in [5.41, 5.74) is 3.46. The molecule has 0 saturated carbocycles. The highest BCUT2D eigenvalue weighted by Crippen LogP contribution is 2.09. The van der Waals surface area contributed by atoms with Crippen LogP contribution >= 0.6 is 0 Å². The molecule has 0 heterocycles. The second-order valence-corrected chi connectivity index (χ2v) is 10.3. The standard InChI is InChI=1S/C19H26N2O4S2/c1-16-6-3-8-18(12-16)14-26(22,23)20-10-5-11-21-27(24,25)15-19-9-4-7-17(2)13-19/h3-4,6-9,12-13,20-21H,5,10-11,14-15H2,1-2H3. The van der Waals surface area contributed by atoms with Gasteiger partial charge in [0, 0.05) is 13.1 Å². The quantitative estimate of drug-likeness (QED) is 0.588. The van der Waals surface area contributed by atoms with Crippen LogP contribution in [0.25, 0.3) is 0 Å². The Balaban J connectivity index is 1.74. The van der Waals surface area contributed by atoms with Gasteiger partial charge in [0.2, 0.25) is 20.0 Å². The van der Waals surface area contributed by atoms with Gasteiger partial charge in [-0.1, -0.05) is 59.7 Å². The van der Waals surface area contributed by atoms with E-state index in [0.717, 1.165) is 22.3 Å². The van der Waals surface area contributed by atoms with Crippen LogP contribution in [-0.2, 0) is 31.6 Å². The number of aryl methyl sites for hydroxylation is 2. The molecule has 0 aliphatic rings. The van der Waals surface area contributed by atoms with Crippen molar-refractivity contribution in [1.29, 1.82) is 0 Å². The molecule has 2 rings (SSSR count). The number of benzene rings is 2. The minimum Gasteiger partial charge on any atom is -0.215 e. The van der Waals surface area contributed by atoms with Gasteiger partial charge < -0.3 is 0 Å².